The highest BCUT2D eigenvalue weighted by Gasteiger charge is 2.39. The van der Waals surface area contributed by atoms with E-state index in [1.807, 2.05) is 53.4 Å². The number of hydrogen-bond donors (Lipinski definition) is 1. The number of carbonyl (C=O) groups excluding carboxylic acids is 3. The minimum atomic E-state index is -0.482. The van der Waals surface area contributed by atoms with E-state index < -0.39 is 11.9 Å². The molecule has 1 heterocycles. The van der Waals surface area contributed by atoms with E-state index in [4.69, 9.17) is 4.74 Å². The Balaban J connectivity index is 1.33. The van der Waals surface area contributed by atoms with Crippen molar-refractivity contribution in [3.63, 3.8) is 0 Å². The number of esters is 1. The highest BCUT2D eigenvalue weighted by atomic mass is 16.5. The Kier molecular flexibility index (Phi) is 6.65. The maximum absolute atomic E-state index is 13.3. The molecule has 4 rings (SSSR count). The van der Waals surface area contributed by atoms with Crippen molar-refractivity contribution in [2.24, 2.45) is 11.8 Å². The number of anilines is 1. The molecule has 1 aliphatic carbocycles. The summed E-state index contributed by atoms with van der Waals surface area (Å²) in [6, 6.07) is 17.4. The Bertz CT molecular complexity index is 944. The number of carbonyl (C=O) groups is 3. The van der Waals surface area contributed by atoms with Gasteiger partial charge in [0.15, 0.2) is 0 Å². The van der Waals surface area contributed by atoms with Gasteiger partial charge in [-0.05, 0) is 36.5 Å². The number of fused-ring (bicyclic) bond motifs is 1. The van der Waals surface area contributed by atoms with Crippen LogP contribution in [0.5, 0.6) is 0 Å². The number of nitrogens with one attached hydrogen (secondary N) is 1. The Labute approximate surface area is 182 Å². The smallest absolute Gasteiger partial charge is 0.325 e. The molecule has 0 aromatic heterocycles. The first kappa shape index (κ1) is 21.1. The zero-order chi connectivity index (χ0) is 21.6. The molecule has 6 nitrogen and oxygen atoms in total. The van der Waals surface area contributed by atoms with Gasteiger partial charge in [0, 0.05) is 18.2 Å². The molecule has 0 bridgehead atoms. The molecule has 2 aromatic rings. The van der Waals surface area contributed by atoms with Crippen LogP contribution in [0, 0.1) is 11.8 Å². The Morgan fingerprint density at radius 3 is 2.45 bits per heavy atom. The van der Waals surface area contributed by atoms with Gasteiger partial charge in [0.2, 0.25) is 11.8 Å². The fraction of sp³-hybridized carbons (Fsp3) is 0.400. The van der Waals surface area contributed by atoms with Gasteiger partial charge in [-0.1, -0.05) is 61.4 Å². The van der Waals surface area contributed by atoms with E-state index in [2.05, 4.69) is 11.4 Å². The number of benzene rings is 2. The van der Waals surface area contributed by atoms with E-state index in [0.29, 0.717) is 19.4 Å². The second kappa shape index (κ2) is 9.77. The number of para-hydroxylation sites is 1. The summed E-state index contributed by atoms with van der Waals surface area (Å²) < 4.78 is 5.23. The van der Waals surface area contributed by atoms with E-state index in [0.717, 1.165) is 30.5 Å². The molecule has 162 valence electrons. The lowest BCUT2D eigenvalue weighted by molar-refractivity contribution is -0.146. The van der Waals surface area contributed by atoms with Gasteiger partial charge in [-0.15, -0.1) is 0 Å². The van der Waals surface area contributed by atoms with Crippen LogP contribution >= 0.6 is 0 Å². The van der Waals surface area contributed by atoms with Crippen molar-refractivity contribution < 1.29 is 19.1 Å². The van der Waals surface area contributed by atoms with Crippen LogP contribution in [0.1, 0.15) is 36.8 Å². The summed E-state index contributed by atoms with van der Waals surface area (Å²) >= 11 is 0. The predicted octanol–water partition coefficient (Wildman–Crippen LogP) is 3.24. The average molecular weight is 421 g/mol. The van der Waals surface area contributed by atoms with Crippen molar-refractivity contribution >= 4 is 23.5 Å². The minimum Gasteiger partial charge on any atom is -0.460 e. The van der Waals surface area contributed by atoms with Crippen molar-refractivity contribution in [1.29, 1.82) is 0 Å². The van der Waals surface area contributed by atoms with Gasteiger partial charge in [-0.2, -0.15) is 0 Å². The van der Waals surface area contributed by atoms with Crippen molar-refractivity contribution in [2.75, 3.05) is 18.0 Å². The second-order valence-electron chi connectivity index (χ2n) is 8.23. The summed E-state index contributed by atoms with van der Waals surface area (Å²) in [4.78, 5) is 40.1. The molecular formula is C25H28N2O4. The van der Waals surface area contributed by atoms with E-state index in [-0.39, 0.29) is 30.9 Å². The van der Waals surface area contributed by atoms with E-state index >= 15 is 0 Å². The summed E-state index contributed by atoms with van der Waals surface area (Å²) in [5.41, 5.74) is 3.03. The third-order valence-electron chi connectivity index (χ3n) is 6.22. The molecule has 0 spiro atoms. The standard InChI is InChI=1S/C25H28N2O4/c28-23(31-17-18-8-2-1-3-9-18)16-26-24(29)20-11-5-6-12-21(20)25(30)27-15-14-19-10-4-7-13-22(19)27/h1-4,7-10,13,20-21H,5-6,11-12,14-17H2,(H,26,29). The zero-order valence-electron chi connectivity index (χ0n) is 17.6. The van der Waals surface area contributed by atoms with Gasteiger partial charge < -0.3 is 15.0 Å². The Morgan fingerprint density at radius 2 is 1.65 bits per heavy atom. The first-order valence-corrected chi connectivity index (χ1v) is 11.0. The van der Waals surface area contributed by atoms with Gasteiger partial charge in [-0.3, -0.25) is 14.4 Å². The molecule has 1 saturated carbocycles. The molecule has 1 fully saturated rings. The molecular weight excluding hydrogens is 392 g/mol. The van der Waals surface area contributed by atoms with Crippen molar-refractivity contribution in [2.45, 2.75) is 38.7 Å². The second-order valence-corrected chi connectivity index (χ2v) is 8.23. The summed E-state index contributed by atoms with van der Waals surface area (Å²) in [6.07, 6.45) is 4.06. The van der Waals surface area contributed by atoms with Gasteiger partial charge in [-0.25, -0.2) is 0 Å². The molecule has 2 aliphatic rings. The monoisotopic (exact) mass is 420 g/mol. The molecule has 0 saturated heterocycles. The van der Waals surface area contributed by atoms with Crippen LogP contribution in [0.15, 0.2) is 54.6 Å². The lowest BCUT2D eigenvalue weighted by atomic mass is 9.77. The quantitative estimate of drug-likeness (QED) is 0.728. The number of ether oxygens (including phenoxy) is 1. The van der Waals surface area contributed by atoms with Crippen LogP contribution in [-0.4, -0.2) is 30.9 Å². The Hall–Kier alpha value is -3.15. The maximum atomic E-state index is 13.3. The topological polar surface area (TPSA) is 75.7 Å². The molecule has 31 heavy (non-hydrogen) atoms. The number of hydrogen-bond acceptors (Lipinski definition) is 4. The molecule has 2 unspecified atom stereocenters. The first-order valence-electron chi connectivity index (χ1n) is 11.0. The largest absolute Gasteiger partial charge is 0.460 e. The SMILES string of the molecule is O=C(CNC(=O)C1CCCCC1C(=O)N1CCc2ccccc21)OCc1ccccc1. The lowest BCUT2D eigenvalue weighted by Gasteiger charge is -2.32. The third kappa shape index (κ3) is 4.95. The van der Waals surface area contributed by atoms with Crippen LogP contribution in [0.3, 0.4) is 0 Å². The summed E-state index contributed by atoms with van der Waals surface area (Å²) in [5.74, 6) is -1.45. The highest BCUT2D eigenvalue weighted by molar-refractivity contribution is 5.99. The number of amides is 2. The van der Waals surface area contributed by atoms with Crippen molar-refractivity contribution in [1.82, 2.24) is 5.32 Å². The summed E-state index contributed by atoms with van der Waals surface area (Å²) in [7, 11) is 0. The summed E-state index contributed by atoms with van der Waals surface area (Å²) in [5, 5.41) is 2.70. The van der Waals surface area contributed by atoms with E-state index in [1.165, 1.54) is 5.56 Å². The van der Waals surface area contributed by atoms with Gasteiger partial charge in [0.1, 0.15) is 13.2 Å². The third-order valence-corrected chi connectivity index (χ3v) is 6.22. The van der Waals surface area contributed by atoms with Crippen molar-refractivity contribution in [3.8, 4) is 0 Å². The maximum Gasteiger partial charge on any atom is 0.325 e. The fourth-order valence-corrected chi connectivity index (χ4v) is 4.59. The highest BCUT2D eigenvalue weighted by Crippen LogP contribution is 2.35. The van der Waals surface area contributed by atoms with Crippen LogP contribution in [0.4, 0.5) is 5.69 Å². The molecule has 1 N–H and O–H groups in total. The molecule has 6 heteroatoms. The molecule has 2 aromatic carbocycles. The van der Waals surface area contributed by atoms with Gasteiger partial charge >= 0.3 is 5.97 Å². The van der Waals surface area contributed by atoms with E-state index in [1.54, 1.807) is 0 Å². The van der Waals surface area contributed by atoms with E-state index in [9.17, 15) is 14.4 Å². The van der Waals surface area contributed by atoms with Crippen LogP contribution in [0.2, 0.25) is 0 Å². The summed E-state index contributed by atoms with van der Waals surface area (Å²) in [6.45, 7) is 0.652. The van der Waals surface area contributed by atoms with Crippen LogP contribution in [-0.2, 0) is 32.1 Å². The average Bonchev–Trinajstić information content (AvgIpc) is 3.25. The van der Waals surface area contributed by atoms with Crippen LogP contribution < -0.4 is 10.2 Å². The molecule has 2 atom stereocenters. The minimum absolute atomic E-state index is 0.0245. The van der Waals surface area contributed by atoms with Gasteiger partial charge in [0.25, 0.3) is 0 Å². The van der Waals surface area contributed by atoms with Crippen molar-refractivity contribution in [3.05, 3.63) is 65.7 Å². The first-order chi connectivity index (χ1) is 15.1. The normalized spacial score (nSPS) is 20.1. The number of nitrogens with zero attached hydrogens (tertiary/aromatic N) is 1. The molecule has 2 amide bonds. The fourth-order valence-electron chi connectivity index (χ4n) is 4.59. The Morgan fingerprint density at radius 1 is 0.935 bits per heavy atom. The molecule has 1 aliphatic heterocycles. The van der Waals surface area contributed by atoms with Crippen LogP contribution in [0.25, 0.3) is 0 Å². The van der Waals surface area contributed by atoms with Gasteiger partial charge in [0.05, 0.1) is 5.92 Å². The predicted molar refractivity (Wildman–Crippen MR) is 117 cm³/mol. The molecule has 0 radical (unpaired) electrons. The lowest BCUT2D eigenvalue weighted by Crippen LogP contribution is -2.46. The number of rotatable bonds is 6. The zero-order valence-corrected chi connectivity index (χ0v) is 17.6.